The molecule has 0 N–H and O–H groups in total. The van der Waals surface area contributed by atoms with Gasteiger partial charge in [-0.3, -0.25) is 9.88 Å². The number of anilines is 1. The zero-order chi connectivity index (χ0) is 21.9. The predicted octanol–water partition coefficient (Wildman–Crippen LogP) is 4.52. The molecule has 32 heavy (non-hydrogen) atoms. The topological polar surface area (TPSA) is 63.0 Å². The number of rotatable bonds is 6. The normalized spacial score (nSPS) is 14.9. The molecule has 3 heterocycles. The van der Waals surface area contributed by atoms with Gasteiger partial charge in [0.1, 0.15) is 0 Å². The highest BCUT2D eigenvalue weighted by Crippen LogP contribution is 2.28. The van der Waals surface area contributed by atoms with Crippen molar-refractivity contribution in [3.63, 3.8) is 0 Å². The number of fused-ring (bicyclic) bond motifs is 1. The van der Waals surface area contributed by atoms with Crippen molar-refractivity contribution < 1.29 is 0 Å². The molecule has 2 aromatic carbocycles. The van der Waals surface area contributed by atoms with Crippen LogP contribution in [0.1, 0.15) is 6.42 Å². The molecule has 1 aliphatic heterocycles. The van der Waals surface area contributed by atoms with Crippen LogP contribution in [0.25, 0.3) is 22.3 Å². The quantitative estimate of drug-likeness (QED) is 0.379. The van der Waals surface area contributed by atoms with Crippen LogP contribution in [0.4, 0.5) is 5.69 Å². The van der Waals surface area contributed by atoms with Crippen LogP contribution in [0.3, 0.4) is 0 Å². The van der Waals surface area contributed by atoms with E-state index in [4.69, 9.17) is 11.6 Å². The van der Waals surface area contributed by atoms with Crippen LogP contribution in [-0.4, -0.2) is 62.8 Å². The molecule has 164 valence electrons. The van der Waals surface area contributed by atoms with Crippen LogP contribution < -0.4 is 4.90 Å². The van der Waals surface area contributed by atoms with E-state index in [9.17, 15) is 0 Å². The molecule has 0 amide bonds. The first-order valence-corrected chi connectivity index (χ1v) is 11.9. The molecule has 9 heteroatoms. The van der Waals surface area contributed by atoms with Crippen molar-refractivity contribution in [1.82, 2.24) is 30.1 Å². The molecule has 0 bridgehead atoms. The Labute approximate surface area is 200 Å². The lowest BCUT2D eigenvalue weighted by Crippen LogP contribution is -2.46. The van der Waals surface area contributed by atoms with Crippen LogP contribution in [0.15, 0.2) is 59.2 Å². The molecule has 1 saturated heterocycles. The van der Waals surface area contributed by atoms with E-state index in [0.717, 1.165) is 71.7 Å². The summed E-state index contributed by atoms with van der Waals surface area (Å²) in [6, 6.07) is 16.0. The Morgan fingerprint density at radius 1 is 0.938 bits per heavy atom. The van der Waals surface area contributed by atoms with E-state index in [1.165, 1.54) is 5.69 Å². The van der Waals surface area contributed by atoms with Crippen molar-refractivity contribution in [2.75, 3.05) is 37.6 Å². The SMILES string of the molecule is Clc1ccc2c(N3CCN(CCCn4nnc(-c5ccc(Br)cc5)n4)CC3)ccnc2c1. The van der Waals surface area contributed by atoms with Gasteiger partial charge in [-0.1, -0.05) is 27.5 Å². The smallest absolute Gasteiger partial charge is 0.204 e. The van der Waals surface area contributed by atoms with Crippen molar-refractivity contribution in [2.24, 2.45) is 0 Å². The molecule has 0 unspecified atom stereocenters. The van der Waals surface area contributed by atoms with E-state index in [-0.39, 0.29) is 0 Å². The Balaban J connectivity index is 1.13. The van der Waals surface area contributed by atoms with Crippen LogP contribution in [0.5, 0.6) is 0 Å². The molecule has 2 aromatic heterocycles. The summed E-state index contributed by atoms with van der Waals surface area (Å²) in [6.07, 6.45) is 2.86. The third-order valence-electron chi connectivity index (χ3n) is 5.78. The first-order chi connectivity index (χ1) is 15.7. The van der Waals surface area contributed by atoms with Gasteiger partial charge in [-0.15, -0.1) is 10.2 Å². The lowest BCUT2D eigenvalue weighted by atomic mass is 10.1. The first-order valence-electron chi connectivity index (χ1n) is 10.7. The zero-order valence-electron chi connectivity index (χ0n) is 17.5. The molecular weight excluding hydrogens is 490 g/mol. The van der Waals surface area contributed by atoms with Gasteiger partial charge in [-0.25, -0.2) is 0 Å². The third kappa shape index (κ3) is 4.77. The summed E-state index contributed by atoms with van der Waals surface area (Å²) in [5, 5.41) is 14.8. The maximum Gasteiger partial charge on any atom is 0.204 e. The fourth-order valence-corrected chi connectivity index (χ4v) is 4.51. The second-order valence-electron chi connectivity index (χ2n) is 7.89. The summed E-state index contributed by atoms with van der Waals surface area (Å²) in [7, 11) is 0. The number of pyridine rings is 1. The predicted molar refractivity (Wildman–Crippen MR) is 131 cm³/mol. The average molecular weight is 513 g/mol. The molecule has 1 fully saturated rings. The van der Waals surface area contributed by atoms with Crippen molar-refractivity contribution >= 4 is 44.1 Å². The molecule has 5 rings (SSSR count). The Morgan fingerprint density at radius 2 is 1.75 bits per heavy atom. The van der Waals surface area contributed by atoms with Gasteiger partial charge in [-0.2, -0.15) is 4.80 Å². The number of piperazine rings is 1. The fourth-order valence-electron chi connectivity index (χ4n) is 4.08. The molecule has 0 saturated carbocycles. The second kappa shape index (κ2) is 9.52. The number of hydrogen-bond donors (Lipinski definition) is 0. The van der Waals surface area contributed by atoms with Crippen LogP contribution in [0.2, 0.25) is 5.02 Å². The van der Waals surface area contributed by atoms with Crippen molar-refractivity contribution in [2.45, 2.75) is 13.0 Å². The first kappa shape index (κ1) is 21.3. The molecular formula is C23H23BrClN7. The van der Waals surface area contributed by atoms with Gasteiger partial charge in [-0.05, 0) is 60.2 Å². The summed E-state index contributed by atoms with van der Waals surface area (Å²) < 4.78 is 1.04. The van der Waals surface area contributed by atoms with Gasteiger partial charge in [0.15, 0.2) is 0 Å². The monoisotopic (exact) mass is 511 g/mol. The van der Waals surface area contributed by atoms with Crippen molar-refractivity contribution in [1.29, 1.82) is 0 Å². The highest BCUT2D eigenvalue weighted by atomic mass is 79.9. The zero-order valence-corrected chi connectivity index (χ0v) is 19.9. The minimum atomic E-state index is 0.664. The van der Waals surface area contributed by atoms with E-state index in [1.54, 1.807) is 4.80 Å². The summed E-state index contributed by atoms with van der Waals surface area (Å²) in [5.74, 6) is 0.664. The van der Waals surface area contributed by atoms with E-state index in [1.807, 2.05) is 42.6 Å². The van der Waals surface area contributed by atoms with Crippen molar-refractivity contribution in [3.05, 3.63) is 64.2 Å². The lowest BCUT2D eigenvalue weighted by molar-refractivity contribution is 0.247. The van der Waals surface area contributed by atoms with Crippen LogP contribution in [-0.2, 0) is 6.54 Å². The van der Waals surface area contributed by atoms with Crippen molar-refractivity contribution in [3.8, 4) is 11.4 Å². The number of nitrogens with zero attached hydrogens (tertiary/aromatic N) is 7. The molecule has 0 spiro atoms. The van der Waals surface area contributed by atoms with Crippen LogP contribution >= 0.6 is 27.5 Å². The maximum absolute atomic E-state index is 6.13. The Morgan fingerprint density at radius 3 is 2.56 bits per heavy atom. The van der Waals surface area contributed by atoms with Gasteiger partial charge in [0.25, 0.3) is 0 Å². The van der Waals surface area contributed by atoms with E-state index >= 15 is 0 Å². The largest absolute Gasteiger partial charge is 0.368 e. The van der Waals surface area contributed by atoms with Gasteiger partial charge >= 0.3 is 0 Å². The summed E-state index contributed by atoms with van der Waals surface area (Å²) in [5.41, 5.74) is 3.15. The third-order valence-corrected chi connectivity index (χ3v) is 6.55. The minimum absolute atomic E-state index is 0.664. The molecule has 0 atom stereocenters. The van der Waals surface area contributed by atoms with Gasteiger partial charge in [0.05, 0.1) is 12.1 Å². The van der Waals surface area contributed by atoms with Gasteiger partial charge < -0.3 is 4.90 Å². The summed E-state index contributed by atoms with van der Waals surface area (Å²) >= 11 is 9.58. The van der Waals surface area contributed by atoms with E-state index in [2.05, 4.69) is 58.3 Å². The highest BCUT2D eigenvalue weighted by Gasteiger charge is 2.19. The second-order valence-corrected chi connectivity index (χ2v) is 9.24. The number of halogens is 2. The Bertz CT molecular complexity index is 1200. The molecule has 7 nitrogen and oxygen atoms in total. The number of hydrogen-bond acceptors (Lipinski definition) is 6. The number of tetrazole rings is 1. The number of aromatic nitrogens is 5. The lowest BCUT2D eigenvalue weighted by Gasteiger charge is -2.36. The van der Waals surface area contributed by atoms with Crippen LogP contribution in [0, 0.1) is 0 Å². The standard InChI is InChI=1S/C23H23BrClN7/c24-18-4-2-17(3-5-18)23-27-29-32(28-23)11-1-10-30-12-14-31(15-13-30)22-8-9-26-21-16-19(25)6-7-20(21)22/h2-9,16H,1,10-15H2. The molecule has 4 aromatic rings. The Hall–Kier alpha value is -2.55. The van der Waals surface area contributed by atoms with E-state index < -0.39 is 0 Å². The number of benzene rings is 2. The Kier molecular flexibility index (Phi) is 6.34. The minimum Gasteiger partial charge on any atom is -0.368 e. The highest BCUT2D eigenvalue weighted by molar-refractivity contribution is 9.10. The molecule has 1 aliphatic rings. The average Bonchev–Trinajstić information content (AvgIpc) is 3.28. The fraction of sp³-hybridized carbons (Fsp3) is 0.304. The number of aryl methyl sites for hydroxylation is 1. The molecule has 0 aliphatic carbocycles. The maximum atomic E-state index is 6.13. The van der Waals surface area contributed by atoms with Gasteiger partial charge in [0, 0.05) is 65.1 Å². The molecule has 0 radical (unpaired) electrons. The van der Waals surface area contributed by atoms with Gasteiger partial charge in [0.2, 0.25) is 5.82 Å². The summed E-state index contributed by atoms with van der Waals surface area (Å²) in [6.45, 7) is 5.85. The van der Waals surface area contributed by atoms with E-state index in [0.29, 0.717) is 5.82 Å². The summed E-state index contributed by atoms with van der Waals surface area (Å²) in [4.78, 5) is 11.1.